The monoisotopic (exact) mass is 431 g/mol. The molecular formula is C22H29N3O6. The Bertz CT molecular complexity index is 829. The molecule has 31 heavy (non-hydrogen) atoms. The lowest BCUT2D eigenvalue weighted by Gasteiger charge is -2.20. The van der Waals surface area contributed by atoms with E-state index in [2.05, 4.69) is 10.4 Å². The zero-order valence-corrected chi connectivity index (χ0v) is 17.7. The summed E-state index contributed by atoms with van der Waals surface area (Å²) in [5.74, 6) is 0.569. The highest BCUT2D eigenvalue weighted by atomic mass is 16.6. The first kappa shape index (κ1) is 22.8. The second-order valence-corrected chi connectivity index (χ2v) is 7.24. The summed E-state index contributed by atoms with van der Waals surface area (Å²) in [6.07, 6.45) is 3.65. The number of carbonyl (C=O) groups excluding carboxylic acids is 2. The first-order chi connectivity index (χ1) is 15.2. The molecule has 2 aromatic rings. The molecule has 0 saturated heterocycles. The van der Waals surface area contributed by atoms with Gasteiger partial charge in [0.25, 0.3) is 5.88 Å². The molecule has 168 valence electrons. The molecule has 0 spiro atoms. The van der Waals surface area contributed by atoms with Gasteiger partial charge in [-0.3, -0.25) is 14.8 Å². The van der Waals surface area contributed by atoms with Crippen molar-refractivity contribution in [1.82, 2.24) is 9.78 Å². The number of ketones is 1. The van der Waals surface area contributed by atoms with Crippen LogP contribution in [0.15, 0.2) is 36.5 Å². The van der Waals surface area contributed by atoms with Crippen LogP contribution in [0.3, 0.4) is 0 Å². The van der Waals surface area contributed by atoms with Crippen molar-refractivity contribution < 1.29 is 28.5 Å². The van der Waals surface area contributed by atoms with Crippen molar-refractivity contribution in [2.24, 2.45) is 0 Å². The SMILES string of the molecule is COCCOCCOc1nn(C2CCC(=O)CC2)cc1NC(=O)OCc1ccccc1. The Morgan fingerprint density at radius 1 is 1.13 bits per heavy atom. The second-order valence-electron chi connectivity index (χ2n) is 7.24. The largest absolute Gasteiger partial charge is 0.473 e. The van der Waals surface area contributed by atoms with Gasteiger partial charge in [-0.1, -0.05) is 30.3 Å². The molecule has 0 radical (unpaired) electrons. The van der Waals surface area contributed by atoms with Gasteiger partial charge in [-0.2, -0.15) is 0 Å². The Labute approximate surface area is 181 Å². The molecule has 0 unspecified atom stereocenters. The van der Waals surface area contributed by atoms with Gasteiger partial charge in [-0.25, -0.2) is 4.79 Å². The number of aromatic nitrogens is 2. The van der Waals surface area contributed by atoms with Crippen molar-refractivity contribution in [2.45, 2.75) is 38.3 Å². The highest BCUT2D eigenvalue weighted by Gasteiger charge is 2.23. The molecule has 0 atom stereocenters. The van der Waals surface area contributed by atoms with Gasteiger partial charge >= 0.3 is 6.09 Å². The predicted molar refractivity (Wildman–Crippen MR) is 113 cm³/mol. The van der Waals surface area contributed by atoms with E-state index < -0.39 is 6.09 Å². The number of hydrogen-bond donors (Lipinski definition) is 1. The predicted octanol–water partition coefficient (Wildman–Crippen LogP) is 3.36. The molecule has 1 N–H and O–H groups in total. The summed E-state index contributed by atoms with van der Waals surface area (Å²) >= 11 is 0. The number of ether oxygens (including phenoxy) is 4. The van der Waals surface area contributed by atoms with E-state index in [1.807, 2.05) is 30.3 Å². The Morgan fingerprint density at radius 3 is 2.61 bits per heavy atom. The van der Waals surface area contributed by atoms with Gasteiger partial charge in [-0.05, 0) is 18.4 Å². The van der Waals surface area contributed by atoms with E-state index >= 15 is 0 Å². The quantitative estimate of drug-likeness (QED) is 0.545. The molecule has 1 heterocycles. The molecule has 3 rings (SSSR count). The number of rotatable bonds is 11. The highest BCUT2D eigenvalue weighted by molar-refractivity contribution is 5.86. The topological polar surface area (TPSA) is 101 Å². The van der Waals surface area contributed by atoms with Crippen molar-refractivity contribution in [2.75, 3.05) is 38.9 Å². The summed E-state index contributed by atoms with van der Waals surface area (Å²) in [5, 5.41) is 7.21. The molecule has 0 aliphatic heterocycles. The molecule has 1 aromatic heterocycles. The minimum Gasteiger partial charge on any atom is -0.473 e. The fourth-order valence-electron chi connectivity index (χ4n) is 3.25. The first-order valence-corrected chi connectivity index (χ1v) is 10.4. The van der Waals surface area contributed by atoms with Gasteiger partial charge in [0.15, 0.2) is 0 Å². The molecular weight excluding hydrogens is 402 g/mol. The first-order valence-electron chi connectivity index (χ1n) is 10.4. The molecule has 1 aliphatic rings. The average molecular weight is 431 g/mol. The lowest BCUT2D eigenvalue weighted by Crippen LogP contribution is -2.18. The van der Waals surface area contributed by atoms with Crippen LogP contribution in [0.1, 0.15) is 37.3 Å². The number of carbonyl (C=O) groups is 2. The van der Waals surface area contributed by atoms with Gasteiger partial charge in [-0.15, -0.1) is 5.10 Å². The lowest BCUT2D eigenvalue weighted by atomic mass is 9.95. The molecule has 0 bridgehead atoms. The van der Waals surface area contributed by atoms with Crippen LogP contribution in [-0.4, -0.2) is 55.2 Å². The maximum absolute atomic E-state index is 12.3. The van der Waals surface area contributed by atoms with E-state index in [0.29, 0.717) is 44.2 Å². The Balaban J connectivity index is 1.59. The highest BCUT2D eigenvalue weighted by Crippen LogP contribution is 2.31. The van der Waals surface area contributed by atoms with E-state index in [1.54, 1.807) is 18.0 Å². The number of Topliss-reactive ketones (excluding diaryl/α,β-unsaturated/α-hetero) is 1. The standard InChI is InChI=1S/C22H29N3O6/c1-28-11-12-29-13-14-30-21-20(15-25(24-21)18-7-9-19(26)10-8-18)23-22(27)31-16-17-5-3-2-4-6-17/h2-6,15,18H,7-14,16H2,1H3,(H,23,27). The number of nitrogens with zero attached hydrogens (tertiary/aromatic N) is 2. The number of hydrogen-bond acceptors (Lipinski definition) is 7. The number of amides is 1. The van der Waals surface area contributed by atoms with Crippen LogP contribution < -0.4 is 10.1 Å². The molecule has 1 aromatic carbocycles. The summed E-state index contributed by atoms with van der Waals surface area (Å²) < 4.78 is 23.1. The van der Waals surface area contributed by atoms with Crippen LogP contribution in [0.5, 0.6) is 5.88 Å². The van der Waals surface area contributed by atoms with Gasteiger partial charge in [0.1, 0.15) is 24.7 Å². The summed E-state index contributed by atoms with van der Waals surface area (Å²) in [6, 6.07) is 9.53. The van der Waals surface area contributed by atoms with Gasteiger partial charge in [0.05, 0.1) is 32.1 Å². The molecule has 9 heteroatoms. The summed E-state index contributed by atoms with van der Waals surface area (Å²) in [4.78, 5) is 23.9. The Kier molecular flexibility index (Phi) is 8.86. The second kappa shape index (κ2) is 12.1. The van der Waals surface area contributed by atoms with Crippen LogP contribution in [0, 0.1) is 0 Å². The third-order valence-electron chi connectivity index (χ3n) is 4.93. The van der Waals surface area contributed by atoms with Crippen molar-refractivity contribution in [3.8, 4) is 5.88 Å². The van der Waals surface area contributed by atoms with E-state index in [4.69, 9.17) is 18.9 Å². The normalized spacial score (nSPS) is 14.4. The van der Waals surface area contributed by atoms with E-state index in [1.165, 1.54) is 0 Å². The number of methoxy groups -OCH3 is 1. The summed E-state index contributed by atoms with van der Waals surface area (Å²) in [7, 11) is 1.61. The van der Waals surface area contributed by atoms with Crippen LogP contribution >= 0.6 is 0 Å². The zero-order valence-electron chi connectivity index (χ0n) is 17.7. The summed E-state index contributed by atoms with van der Waals surface area (Å²) in [5.41, 5.74) is 1.32. The third-order valence-corrected chi connectivity index (χ3v) is 4.93. The van der Waals surface area contributed by atoms with Crippen molar-refractivity contribution >= 4 is 17.6 Å². The van der Waals surface area contributed by atoms with Crippen LogP contribution in [0.4, 0.5) is 10.5 Å². The van der Waals surface area contributed by atoms with E-state index in [0.717, 1.165) is 18.4 Å². The zero-order chi connectivity index (χ0) is 21.9. The van der Waals surface area contributed by atoms with Crippen LogP contribution in [0.2, 0.25) is 0 Å². The van der Waals surface area contributed by atoms with E-state index in [-0.39, 0.29) is 25.0 Å². The van der Waals surface area contributed by atoms with Crippen molar-refractivity contribution in [1.29, 1.82) is 0 Å². The number of nitrogens with one attached hydrogen (secondary N) is 1. The minimum atomic E-state index is -0.594. The fraction of sp³-hybridized carbons (Fsp3) is 0.500. The van der Waals surface area contributed by atoms with Crippen LogP contribution in [0.25, 0.3) is 0 Å². The minimum absolute atomic E-state index is 0.0916. The number of anilines is 1. The lowest BCUT2D eigenvalue weighted by molar-refractivity contribution is -0.120. The van der Waals surface area contributed by atoms with Gasteiger partial charge in [0.2, 0.25) is 0 Å². The average Bonchev–Trinajstić information content (AvgIpc) is 3.18. The Hall–Kier alpha value is -2.91. The molecule has 1 saturated carbocycles. The van der Waals surface area contributed by atoms with Crippen molar-refractivity contribution in [3.63, 3.8) is 0 Å². The van der Waals surface area contributed by atoms with Gasteiger partial charge < -0.3 is 18.9 Å². The molecule has 9 nitrogen and oxygen atoms in total. The number of benzene rings is 1. The third kappa shape index (κ3) is 7.37. The molecule has 1 amide bonds. The Morgan fingerprint density at radius 2 is 1.87 bits per heavy atom. The molecule has 1 aliphatic carbocycles. The summed E-state index contributed by atoms with van der Waals surface area (Å²) in [6.45, 7) is 1.79. The van der Waals surface area contributed by atoms with Crippen LogP contribution in [-0.2, 0) is 25.6 Å². The maximum atomic E-state index is 12.3. The van der Waals surface area contributed by atoms with Gasteiger partial charge in [0, 0.05) is 20.0 Å². The van der Waals surface area contributed by atoms with E-state index in [9.17, 15) is 9.59 Å². The maximum Gasteiger partial charge on any atom is 0.412 e. The molecule has 1 fully saturated rings. The smallest absolute Gasteiger partial charge is 0.412 e. The van der Waals surface area contributed by atoms with Crippen molar-refractivity contribution in [3.05, 3.63) is 42.1 Å². The fourth-order valence-corrected chi connectivity index (χ4v) is 3.25.